The highest BCUT2D eigenvalue weighted by Crippen LogP contribution is 2.29. The van der Waals surface area contributed by atoms with Gasteiger partial charge in [0.2, 0.25) is 70.9 Å². The molecule has 0 aromatic carbocycles. The fourth-order valence-corrected chi connectivity index (χ4v) is 11.1. The van der Waals surface area contributed by atoms with Crippen molar-refractivity contribution < 1.29 is 104 Å². The summed E-state index contributed by atoms with van der Waals surface area (Å²) in [6.45, 7) is 10.6. The van der Waals surface area contributed by atoms with Gasteiger partial charge in [0.1, 0.15) is 78.6 Å². The van der Waals surface area contributed by atoms with E-state index in [2.05, 4.69) is 59.3 Å². The van der Waals surface area contributed by atoms with E-state index in [0.717, 1.165) is 0 Å². The van der Waals surface area contributed by atoms with Gasteiger partial charge in [-0.2, -0.15) is 0 Å². The van der Waals surface area contributed by atoms with Crippen molar-refractivity contribution in [2.75, 3.05) is 46.0 Å². The molecule has 16 atom stereocenters. The molecule has 93 heavy (non-hydrogen) atoms. The van der Waals surface area contributed by atoms with Crippen LogP contribution in [0, 0.1) is 17.8 Å². The summed E-state index contributed by atoms with van der Waals surface area (Å²) in [7, 11) is 0. The van der Waals surface area contributed by atoms with Crippen molar-refractivity contribution in [3.05, 3.63) is 0 Å². The number of quaternary nitrogens is 2. The van der Waals surface area contributed by atoms with Crippen molar-refractivity contribution in [2.45, 2.75) is 224 Å². The predicted octanol–water partition coefficient (Wildman–Crippen LogP) is -8.18. The first-order valence-corrected chi connectivity index (χ1v) is 32.1. The van der Waals surface area contributed by atoms with E-state index in [9.17, 15) is 92.7 Å². The maximum Gasteiger partial charge on any atom is 0.326 e. The number of carbonyl (C=O) groups is 14. The van der Waals surface area contributed by atoms with E-state index in [1.807, 2.05) is 0 Å². The Bertz CT molecular complexity index is 2630. The summed E-state index contributed by atoms with van der Waals surface area (Å²) in [6.07, 6.45) is 1.50. The van der Waals surface area contributed by atoms with Crippen LogP contribution in [0.15, 0.2) is 0 Å². The molecule has 22 N–H and O–H groups in total. The highest BCUT2D eigenvalue weighted by molar-refractivity contribution is 6.01. The van der Waals surface area contributed by atoms with Crippen LogP contribution in [0.5, 0.6) is 0 Å². The Hall–Kier alpha value is -7.66. The number of amides is 13. The number of likely N-dealkylation sites (tertiary alicyclic amines) is 3. The summed E-state index contributed by atoms with van der Waals surface area (Å²) in [5, 5.41) is 71.9. The molecule has 0 aromatic rings. The molecule has 13 amide bonds. The summed E-state index contributed by atoms with van der Waals surface area (Å²) < 4.78 is 0. The second-order valence-corrected chi connectivity index (χ2v) is 24.8. The Balaban J connectivity index is 1.75. The molecule has 0 unspecified atom stereocenters. The molecule has 3 aliphatic heterocycles. The van der Waals surface area contributed by atoms with E-state index in [-0.39, 0.29) is 57.7 Å². The number of aliphatic hydroxyl groups excluding tert-OH is 4. The lowest BCUT2D eigenvalue weighted by atomic mass is 9.96. The smallest absolute Gasteiger partial charge is 0.326 e. The molecule has 34 heteroatoms. The van der Waals surface area contributed by atoms with E-state index in [0.29, 0.717) is 51.5 Å². The highest BCUT2D eigenvalue weighted by atomic mass is 16.4. The number of rotatable bonds is 38. The van der Waals surface area contributed by atoms with Gasteiger partial charge < -0.3 is 105 Å². The third-order valence-corrected chi connectivity index (χ3v) is 17.2. The lowest BCUT2D eigenvalue weighted by molar-refractivity contribution is -0.419. The van der Waals surface area contributed by atoms with E-state index in [1.165, 1.54) is 28.5 Å². The van der Waals surface area contributed by atoms with E-state index >= 15 is 0 Å². The number of carboxylic acids is 1. The molecule has 3 aliphatic rings. The van der Waals surface area contributed by atoms with Crippen LogP contribution in [0.1, 0.15) is 139 Å². The van der Waals surface area contributed by atoms with E-state index < -0.39 is 205 Å². The van der Waals surface area contributed by atoms with Crippen molar-refractivity contribution >= 4 is 82.8 Å². The zero-order chi connectivity index (χ0) is 70.1. The van der Waals surface area contributed by atoms with Crippen LogP contribution in [-0.4, -0.2) is 254 Å². The standard InChI is InChI=1S/C59H101N15O19/c1-9-30(5)45(54(87)69-39(28-77)51(84)67-37(26-75)49(82)63-32(7)47(80)64-34(59(92)93)16-11-12-20-60)70-48(81)35(24-29(3)4)65-52(85)40-17-13-21-72(40)57(90)42-19-15-23-74(42)58(91)41-18-14-22-73(41)56(89)36(25-43(61)79)66-50(83)38(27-76)68-55(88)46(31(6)10-2)71-53(86)44(62)33(8)78/h29-42,44-46,75-78H,9-28,60,62H2,1-8H3,(H2,61,79)(H,63,82)(H,64,80)(H,65,85)(H,66,83)(H,67,84)(H,68,88)(H,69,87)(H,70,81)(H,71,86)(H,92,93)/p+2/t30-,31-,32-,33+,34-,35-,36-,37-,38-,39-,40-,41-,42-,44-,45-,46-/m0/s1. The Kier molecular flexibility index (Phi) is 32.9. The molecule has 3 saturated heterocycles. The molecule has 0 aromatic heterocycles. The number of carbonyl (C=O) groups excluding carboxylic acids is 13. The van der Waals surface area contributed by atoms with Gasteiger partial charge in [-0.3, -0.25) is 62.3 Å². The number of aliphatic hydroxyl groups is 4. The minimum atomic E-state index is -1.75. The number of nitrogens with one attached hydrogen (secondary N) is 9. The van der Waals surface area contributed by atoms with Gasteiger partial charge in [-0.1, -0.05) is 54.4 Å². The first-order chi connectivity index (χ1) is 43.8. The molecule has 3 rings (SSSR count). The number of hydrogen-bond acceptors (Lipinski definition) is 18. The maximum atomic E-state index is 14.6. The first-order valence-electron chi connectivity index (χ1n) is 32.1. The molecule has 0 aliphatic carbocycles. The summed E-state index contributed by atoms with van der Waals surface area (Å²) in [4.78, 5) is 194. The first kappa shape index (κ1) is 79.6. The van der Waals surface area contributed by atoms with Gasteiger partial charge in [0, 0.05) is 19.6 Å². The summed E-state index contributed by atoms with van der Waals surface area (Å²) in [6, 6.07) is -17.9. The molecule has 0 spiro atoms. The lowest BCUT2D eigenvalue weighted by Crippen LogP contribution is -2.73. The Morgan fingerprint density at radius 2 is 0.914 bits per heavy atom. The van der Waals surface area contributed by atoms with Crippen molar-refractivity contribution in [2.24, 2.45) is 23.5 Å². The number of unbranched alkanes of at least 4 members (excludes halogenated alkanes) is 1. The quantitative estimate of drug-likeness (QED) is 0.0255. The van der Waals surface area contributed by atoms with Gasteiger partial charge in [-0.05, 0) is 95.8 Å². The van der Waals surface area contributed by atoms with Crippen LogP contribution >= 0.6 is 0 Å². The molecule has 0 bridgehead atoms. The highest BCUT2D eigenvalue weighted by Gasteiger charge is 2.48. The van der Waals surface area contributed by atoms with Crippen LogP contribution in [0.3, 0.4) is 0 Å². The molecule has 0 radical (unpaired) electrons. The average molecular weight is 1330 g/mol. The van der Waals surface area contributed by atoms with Gasteiger partial charge in [-0.25, -0.2) is 4.79 Å². The predicted molar refractivity (Wildman–Crippen MR) is 328 cm³/mol. The Morgan fingerprint density at radius 3 is 1.35 bits per heavy atom. The van der Waals surface area contributed by atoms with E-state index in [4.69, 9.17) is 5.73 Å². The number of nitrogens with zero attached hydrogens (tertiary/aromatic N) is 3. The van der Waals surface area contributed by atoms with Crippen LogP contribution in [0.25, 0.3) is 0 Å². The molecule has 3 heterocycles. The molecule has 0 saturated carbocycles. The molecule has 34 nitrogen and oxygen atoms in total. The largest absolute Gasteiger partial charge is 0.480 e. The normalized spacial score (nSPS) is 20.5. The zero-order valence-electron chi connectivity index (χ0n) is 54.7. The van der Waals surface area contributed by atoms with Crippen molar-refractivity contribution in [1.29, 1.82) is 0 Å². The second kappa shape index (κ2) is 38.5. The molecular formula is C59H103N15O19+2. The third kappa shape index (κ3) is 23.1. The maximum absolute atomic E-state index is 14.6. The summed E-state index contributed by atoms with van der Waals surface area (Å²) in [5.41, 5.74) is 12.8. The van der Waals surface area contributed by atoms with Crippen LogP contribution in [0.4, 0.5) is 0 Å². The third-order valence-electron chi connectivity index (χ3n) is 17.2. The fraction of sp³-hybridized carbons (Fsp3) is 0.763. The second-order valence-electron chi connectivity index (χ2n) is 24.8. The Morgan fingerprint density at radius 1 is 0.505 bits per heavy atom. The monoisotopic (exact) mass is 1330 g/mol. The average Bonchev–Trinajstić information content (AvgIpc) is 1.77. The topological polar surface area (TPSA) is 539 Å². The van der Waals surface area contributed by atoms with E-state index in [1.54, 1.807) is 41.5 Å². The SMILES string of the molecule is CC[C@H](C)[C@H](NC(=O)[C@H](CC(C)C)NC(=O)[C@@H]1CCCN1C(=O)[C@@H]1CCCN1C(=O)[C@@H]1CCCN1C(=O)[C@H](CC(N)=O)NC(=O)[C@H](CO)NC(=O)[C@@H](NC(=O)[C@@H]([NH3+])[C@@H](C)O)[C@@H](C)CC)C(=O)N[C@@H](CO)C(=O)N[C@@H](CO)C(=O)N[C@@H](C)C(=O)N[C@@H](CCCC[NH3+])C(=O)O. The minimum Gasteiger partial charge on any atom is -0.480 e. The fourth-order valence-electron chi connectivity index (χ4n) is 11.1. The molecule has 526 valence electrons. The van der Waals surface area contributed by atoms with Gasteiger partial charge in [0.05, 0.1) is 32.8 Å². The van der Waals surface area contributed by atoms with Crippen LogP contribution < -0.4 is 65.1 Å². The number of hydrogen-bond donors (Lipinski definition) is 17. The van der Waals surface area contributed by atoms with Crippen molar-refractivity contribution in [3.8, 4) is 0 Å². The minimum absolute atomic E-state index is 0.0111. The summed E-state index contributed by atoms with van der Waals surface area (Å²) in [5.74, 6) is -14.0. The van der Waals surface area contributed by atoms with Crippen molar-refractivity contribution in [1.82, 2.24) is 62.6 Å². The van der Waals surface area contributed by atoms with Crippen molar-refractivity contribution in [3.63, 3.8) is 0 Å². The zero-order valence-corrected chi connectivity index (χ0v) is 54.7. The lowest BCUT2D eigenvalue weighted by Gasteiger charge is -2.35. The van der Waals surface area contributed by atoms with Gasteiger partial charge >= 0.3 is 5.97 Å². The molecule has 3 fully saturated rings. The number of carboxylic acid groups (broad SMARTS) is 1. The number of primary amides is 1. The molecular weight excluding hydrogens is 1220 g/mol. The summed E-state index contributed by atoms with van der Waals surface area (Å²) >= 11 is 0. The number of aliphatic carboxylic acids is 1. The Labute approximate surface area is 540 Å². The van der Waals surface area contributed by atoms with Crippen LogP contribution in [0.2, 0.25) is 0 Å². The van der Waals surface area contributed by atoms with Gasteiger partial charge in [0.25, 0.3) is 5.91 Å². The number of nitrogens with two attached hydrogens (primary N) is 1. The van der Waals surface area contributed by atoms with Gasteiger partial charge in [0.15, 0.2) is 6.04 Å². The van der Waals surface area contributed by atoms with Gasteiger partial charge in [-0.15, -0.1) is 0 Å². The van der Waals surface area contributed by atoms with Crippen LogP contribution in [-0.2, 0) is 67.1 Å².